The van der Waals surface area contributed by atoms with Crippen molar-refractivity contribution < 1.29 is 19.4 Å². The van der Waals surface area contributed by atoms with E-state index in [1.54, 1.807) is 15.5 Å². The summed E-state index contributed by atoms with van der Waals surface area (Å²) in [6, 6.07) is 1.85. The Bertz CT molecular complexity index is 809. The van der Waals surface area contributed by atoms with Crippen LogP contribution in [0.25, 0.3) is 5.78 Å². The average Bonchev–Trinajstić information content (AvgIpc) is 2.97. The molecule has 2 aromatic heterocycles. The fourth-order valence-electron chi connectivity index (χ4n) is 3.06. The Morgan fingerprint density at radius 3 is 2.80 bits per heavy atom. The highest BCUT2D eigenvalue weighted by molar-refractivity contribution is 5.85. The summed E-state index contributed by atoms with van der Waals surface area (Å²) in [6.45, 7) is 6.71. The minimum Gasteiger partial charge on any atom is -0.476 e. The van der Waals surface area contributed by atoms with Crippen LogP contribution in [0.1, 0.15) is 55.7 Å². The third-order valence-electron chi connectivity index (χ3n) is 4.11. The monoisotopic (exact) mass is 346 g/mol. The number of imidazole rings is 1. The lowest BCUT2D eigenvalue weighted by Gasteiger charge is -2.34. The molecule has 134 valence electrons. The van der Waals surface area contributed by atoms with Crippen LogP contribution in [-0.2, 0) is 4.74 Å². The lowest BCUT2D eigenvalue weighted by molar-refractivity contribution is 0.0196. The van der Waals surface area contributed by atoms with E-state index in [1.807, 2.05) is 26.8 Å². The van der Waals surface area contributed by atoms with E-state index in [4.69, 9.17) is 9.84 Å². The molecule has 2 aromatic rings. The maximum Gasteiger partial charge on any atom is 0.410 e. The second-order valence-corrected chi connectivity index (χ2v) is 7.24. The molecular formula is C17H22N4O4. The Morgan fingerprint density at radius 1 is 1.36 bits per heavy atom. The standard InChI is InChI=1S/C17H22N4O4/c1-17(2,3)25-16(24)20-8-4-5-11(9-20)13-6-7-18-15-19-12(14(22)23)10-21(13)15/h6-7,10-11H,4-5,8-9H2,1-3H3,(H,22,23). The number of fused-ring (bicyclic) bond motifs is 1. The molecule has 0 aromatic carbocycles. The summed E-state index contributed by atoms with van der Waals surface area (Å²) < 4.78 is 7.16. The summed E-state index contributed by atoms with van der Waals surface area (Å²) >= 11 is 0. The number of rotatable bonds is 2. The maximum absolute atomic E-state index is 12.3. The predicted octanol–water partition coefficient (Wildman–Crippen LogP) is 2.54. The SMILES string of the molecule is CC(C)(C)OC(=O)N1CCCC(c2ccnc3nc(C(=O)O)cn23)C1. The Balaban J connectivity index is 1.85. The van der Waals surface area contributed by atoms with Crippen molar-refractivity contribution in [2.24, 2.45) is 0 Å². The highest BCUT2D eigenvalue weighted by atomic mass is 16.6. The molecule has 1 aliphatic heterocycles. The lowest BCUT2D eigenvalue weighted by Crippen LogP contribution is -2.42. The number of carbonyl (C=O) groups excluding carboxylic acids is 1. The van der Waals surface area contributed by atoms with Gasteiger partial charge in [0.05, 0.1) is 0 Å². The molecule has 1 atom stereocenters. The number of likely N-dealkylation sites (tertiary alicyclic amines) is 1. The number of amides is 1. The number of carboxylic acid groups (broad SMARTS) is 1. The van der Waals surface area contributed by atoms with Crippen LogP contribution in [0.4, 0.5) is 4.79 Å². The zero-order chi connectivity index (χ0) is 18.2. The predicted molar refractivity (Wildman–Crippen MR) is 89.7 cm³/mol. The van der Waals surface area contributed by atoms with Gasteiger partial charge in [-0.3, -0.25) is 4.40 Å². The van der Waals surface area contributed by atoms with Crippen LogP contribution < -0.4 is 0 Å². The molecule has 1 amide bonds. The van der Waals surface area contributed by atoms with Gasteiger partial charge in [0.15, 0.2) is 5.69 Å². The molecule has 1 saturated heterocycles. The van der Waals surface area contributed by atoms with E-state index in [2.05, 4.69) is 9.97 Å². The van der Waals surface area contributed by atoms with Crippen molar-refractivity contribution in [1.82, 2.24) is 19.3 Å². The van der Waals surface area contributed by atoms with E-state index in [0.29, 0.717) is 18.9 Å². The normalized spacial score (nSPS) is 18.4. The summed E-state index contributed by atoms with van der Waals surface area (Å²) in [7, 11) is 0. The van der Waals surface area contributed by atoms with Gasteiger partial charge in [0.1, 0.15) is 5.60 Å². The molecule has 8 heteroatoms. The number of carbonyl (C=O) groups is 2. The van der Waals surface area contributed by atoms with Gasteiger partial charge in [-0.1, -0.05) is 0 Å². The Labute approximate surface area is 145 Å². The largest absolute Gasteiger partial charge is 0.476 e. The Morgan fingerprint density at radius 2 is 2.12 bits per heavy atom. The third kappa shape index (κ3) is 3.72. The Hall–Kier alpha value is -2.64. The molecule has 25 heavy (non-hydrogen) atoms. The van der Waals surface area contributed by atoms with E-state index in [-0.39, 0.29) is 17.7 Å². The topological polar surface area (TPSA) is 97.0 Å². The molecule has 1 N–H and O–H groups in total. The lowest BCUT2D eigenvalue weighted by atomic mass is 9.94. The quantitative estimate of drug-likeness (QED) is 0.897. The van der Waals surface area contributed by atoms with E-state index in [0.717, 1.165) is 18.5 Å². The molecule has 0 saturated carbocycles. The number of ether oxygens (including phenoxy) is 1. The van der Waals surface area contributed by atoms with Gasteiger partial charge in [-0.05, 0) is 39.7 Å². The molecule has 8 nitrogen and oxygen atoms in total. The number of hydrogen-bond acceptors (Lipinski definition) is 5. The van der Waals surface area contributed by atoms with Crippen LogP contribution in [0.5, 0.6) is 0 Å². The van der Waals surface area contributed by atoms with Crippen LogP contribution in [0.3, 0.4) is 0 Å². The summed E-state index contributed by atoms with van der Waals surface area (Å²) in [6.07, 6.45) is 4.54. The molecule has 0 radical (unpaired) electrons. The van der Waals surface area contributed by atoms with Crippen LogP contribution in [0, 0.1) is 0 Å². The molecule has 1 fully saturated rings. The summed E-state index contributed by atoms with van der Waals surface area (Å²) in [5.74, 6) is -0.664. The van der Waals surface area contributed by atoms with Gasteiger partial charge < -0.3 is 14.7 Å². The smallest absolute Gasteiger partial charge is 0.410 e. The number of piperidine rings is 1. The van der Waals surface area contributed by atoms with Gasteiger partial charge >= 0.3 is 12.1 Å². The first kappa shape index (κ1) is 17.2. The average molecular weight is 346 g/mol. The van der Waals surface area contributed by atoms with Crippen molar-refractivity contribution in [2.45, 2.75) is 45.1 Å². The maximum atomic E-state index is 12.3. The molecular weight excluding hydrogens is 324 g/mol. The summed E-state index contributed by atoms with van der Waals surface area (Å²) in [5.41, 5.74) is 0.326. The van der Waals surface area contributed by atoms with Crippen molar-refractivity contribution >= 4 is 17.8 Å². The second-order valence-electron chi connectivity index (χ2n) is 7.24. The molecule has 3 heterocycles. The van der Waals surface area contributed by atoms with E-state index in [9.17, 15) is 9.59 Å². The van der Waals surface area contributed by atoms with Gasteiger partial charge in [-0.2, -0.15) is 0 Å². The van der Waals surface area contributed by atoms with Crippen molar-refractivity contribution in [3.8, 4) is 0 Å². The minimum absolute atomic E-state index is 0.0419. The highest BCUT2D eigenvalue weighted by Crippen LogP contribution is 2.28. The molecule has 1 unspecified atom stereocenters. The fourth-order valence-corrected chi connectivity index (χ4v) is 3.06. The van der Waals surface area contributed by atoms with Crippen LogP contribution in [0.2, 0.25) is 0 Å². The zero-order valence-electron chi connectivity index (χ0n) is 14.6. The fraction of sp³-hybridized carbons (Fsp3) is 0.529. The number of nitrogens with zero attached hydrogens (tertiary/aromatic N) is 4. The number of hydrogen-bond donors (Lipinski definition) is 1. The first-order valence-corrected chi connectivity index (χ1v) is 8.30. The van der Waals surface area contributed by atoms with Gasteiger partial charge in [0, 0.05) is 37.1 Å². The summed E-state index contributed by atoms with van der Waals surface area (Å²) in [4.78, 5) is 33.4. The van der Waals surface area contributed by atoms with Crippen LogP contribution >= 0.6 is 0 Å². The molecule has 0 bridgehead atoms. The van der Waals surface area contributed by atoms with Crippen molar-refractivity contribution in [3.63, 3.8) is 0 Å². The number of aromatic carboxylic acids is 1. The molecule has 0 spiro atoms. The Kier molecular flexibility index (Phi) is 4.36. The van der Waals surface area contributed by atoms with E-state index in [1.165, 1.54) is 6.20 Å². The highest BCUT2D eigenvalue weighted by Gasteiger charge is 2.29. The van der Waals surface area contributed by atoms with Gasteiger partial charge in [-0.15, -0.1) is 0 Å². The van der Waals surface area contributed by atoms with E-state index >= 15 is 0 Å². The zero-order valence-corrected chi connectivity index (χ0v) is 14.6. The van der Waals surface area contributed by atoms with Crippen molar-refractivity contribution in [2.75, 3.05) is 13.1 Å². The van der Waals surface area contributed by atoms with Gasteiger partial charge in [-0.25, -0.2) is 19.6 Å². The minimum atomic E-state index is -1.09. The van der Waals surface area contributed by atoms with Crippen molar-refractivity contribution in [3.05, 3.63) is 29.8 Å². The van der Waals surface area contributed by atoms with Gasteiger partial charge in [0.25, 0.3) is 0 Å². The number of aromatic nitrogens is 3. The van der Waals surface area contributed by atoms with Gasteiger partial charge in [0.2, 0.25) is 5.78 Å². The number of carboxylic acids is 1. The third-order valence-corrected chi connectivity index (χ3v) is 4.11. The molecule has 1 aliphatic rings. The van der Waals surface area contributed by atoms with Crippen LogP contribution in [0.15, 0.2) is 18.5 Å². The van der Waals surface area contributed by atoms with Crippen LogP contribution in [-0.4, -0.2) is 55.1 Å². The first-order valence-electron chi connectivity index (χ1n) is 8.30. The second kappa shape index (κ2) is 6.34. The molecule has 0 aliphatic carbocycles. The molecule has 3 rings (SSSR count). The van der Waals surface area contributed by atoms with E-state index < -0.39 is 11.6 Å². The summed E-state index contributed by atoms with van der Waals surface area (Å²) in [5, 5.41) is 9.14. The first-order chi connectivity index (χ1) is 11.7. The van der Waals surface area contributed by atoms with Crippen molar-refractivity contribution in [1.29, 1.82) is 0 Å².